The Labute approximate surface area is 171 Å². The van der Waals surface area contributed by atoms with Crippen molar-refractivity contribution in [2.75, 3.05) is 16.8 Å². The predicted molar refractivity (Wildman–Crippen MR) is 116 cm³/mol. The van der Waals surface area contributed by atoms with Gasteiger partial charge in [-0.3, -0.25) is 4.79 Å². The van der Waals surface area contributed by atoms with E-state index in [0.29, 0.717) is 13.0 Å². The van der Waals surface area contributed by atoms with Crippen LogP contribution in [0.25, 0.3) is 0 Å². The zero-order valence-electron chi connectivity index (χ0n) is 15.6. The first-order valence-corrected chi connectivity index (χ1v) is 10.0. The Morgan fingerprint density at radius 2 is 1.68 bits per heavy atom. The van der Waals surface area contributed by atoms with Crippen LogP contribution >= 0.6 is 11.6 Å². The molecule has 0 saturated carbocycles. The summed E-state index contributed by atoms with van der Waals surface area (Å²) in [6.45, 7) is 0.640. The molecule has 0 fully saturated rings. The summed E-state index contributed by atoms with van der Waals surface area (Å²) in [4.78, 5) is 15.0. The van der Waals surface area contributed by atoms with Gasteiger partial charge in [0.05, 0.1) is 24.0 Å². The number of fused-ring (bicyclic) bond motifs is 1. The van der Waals surface area contributed by atoms with Gasteiger partial charge in [-0.1, -0.05) is 66.2 Å². The average molecular weight is 391 g/mol. The van der Waals surface area contributed by atoms with Crippen molar-refractivity contribution in [3.05, 3.63) is 95.0 Å². The van der Waals surface area contributed by atoms with Crippen molar-refractivity contribution in [2.45, 2.75) is 25.3 Å². The lowest BCUT2D eigenvalue weighted by atomic mass is 10.0. The maximum atomic E-state index is 13.1. The van der Waals surface area contributed by atoms with E-state index < -0.39 is 0 Å². The van der Waals surface area contributed by atoms with Crippen LogP contribution in [0.2, 0.25) is 5.02 Å². The summed E-state index contributed by atoms with van der Waals surface area (Å²) in [5, 5.41) is 4.32. The average Bonchev–Trinajstić information content (AvgIpc) is 2.75. The number of aryl methyl sites for hydroxylation is 1. The third-order valence-electron chi connectivity index (χ3n) is 5.16. The van der Waals surface area contributed by atoms with E-state index in [1.807, 2.05) is 71.6 Å². The van der Waals surface area contributed by atoms with Gasteiger partial charge < -0.3 is 10.2 Å². The molecule has 4 heteroatoms. The van der Waals surface area contributed by atoms with E-state index in [1.165, 1.54) is 11.1 Å². The molecular formula is C24H23ClN2O. The SMILES string of the molecule is O=C(CCCc1ccc(Cl)cc1)N1CC(c2ccccc2)Nc2ccccc21. The smallest absolute Gasteiger partial charge is 0.227 e. The molecule has 1 atom stereocenters. The van der Waals surface area contributed by atoms with Crippen LogP contribution in [-0.2, 0) is 11.2 Å². The minimum Gasteiger partial charge on any atom is -0.375 e. The normalized spacial score (nSPS) is 15.6. The highest BCUT2D eigenvalue weighted by Gasteiger charge is 2.28. The molecule has 0 radical (unpaired) electrons. The summed E-state index contributed by atoms with van der Waals surface area (Å²) in [5.74, 6) is 0.170. The number of para-hydroxylation sites is 2. The van der Waals surface area contributed by atoms with E-state index in [2.05, 4.69) is 17.4 Å². The monoisotopic (exact) mass is 390 g/mol. The Balaban J connectivity index is 1.47. The van der Waals surface area contributed by atoms with Gasteiger partial charge in [-0.15, -0.1) is 0 Å². The van der Waals surface area contributed by atoms with Crippen LogP contribution in [0, 0.1) is 0 Å². The quantitative estimate of drug-likeness (QED) is 0.591. The predicted octanol–water partition coefficient (Wildman–Crippen LogP) is 5.86. The van der Waals surface area contributed by atoms with Crippen molar-refractivity contribution in [1.29, 1.82) is 0 Å². The molecule has 1 unspecified atom stereocenters. The fourth-order valence-electron chi connectivity index (χ4n) is 3.69. The summed E-state index contributed by atoms with van der Waals surface area (Å²) < 4.78 is 0. The molecule has 0 bridgehead atoms. The van der Waals surface area contributed by atoms with Crippen LogP contribution in [0.4, 0.5) is 11.4 Å². The van der Waals surface area contributed by atoms with Crippen molar-refractivity contribution in [2.24, 2.45) is 0 Å². The molecule has 1 amide bonds. The molecule has 28 heavy (non-hydrogen) atoms. The van der Waals surface area contributed by atoms with E-state index >= 15 is 0 Å². The van der Waals surface area contributed by atoms with E-state index in [0.717, 1.165) is 29.2 Å². The number of nitrogens with one attached hydrogen (secondary N) is 1. The summed E-state index contributed by atoms with van der Waals surface area (Å²) in [6.07, 6.45) is 2.22. The number of hydrogen-bond acceptors (Lipinski definition) is 2. The molecule has 4 rings (SSSR count). The van der Waals surface area contributed by atoms with Gasteiger partial charge in [0.2, 0.25) is 5.91 Å². The zero-order valence-corrected chi connectivity index (χ0v) is 16.4. The van der Waals surface area contributed by atoms with Gasteiger partial charge in [0.25, 0.3) is 0 Å². The van der Waals surface area contributed by atoms with Crippen molar-refractivity contribution >= 4 is 28.9 Å². The summed E-state index contributed by atoms with van der Waals surface area (Å²) in [7, 11) is 0. The van der Waals surface area contributed by atoms with Gasteiger partial charge in [-0.25, -0.2) is 0 Å². The molecule has 1 N–H and O–H groups in total. The van der Waals surface area contributed by atoms with Crippen molar-refractivity contribution in [3.8, 4) is 0 Å². The lowest BCUT2D eigenvalue weighted by Crippen LogP contribution is -2.40. The van der Waals surface area contributed by atoms with Crippen molar-refractivity contribution in [1.82, 2.24) is 0 Å². The highest BCUT2D eigenvalue weighted by Crippen LogP contribution is 2.36. The minimum atomic E-state index is 0.0938. The Morgan fingerprint density at radius 3 is 2.46 bits per heavy atom. The van der Waals surface area contributed by atoms with Gasteiger partial charge in [-0.2, -0.15) is 0 Å². The topological polar surface area (TPSA) is 32.3 Å². The third-order valence-corrected chi connectivity index (χ3v) is 5.41. The highest BCUT2D eigenvalue weighted by molar-refractivity contribution is 6.30. The molecule has 3 aromatic carbocycles. The lowest BCUT2D eigenvalue weighted by molar-refractivity contribution is -0.118. The number of rotatable bonds is 5. The molecule has 1 aliphatic heterocycles. The van der Waals surface area contributed by atoms with Gasteiger partial charge in [0.15, 0.2) is 0 Å². The highest BCUT2D eigenvalue weighted by atomic mass is 35.5. The molecule has 1 heterocycles. The van der Waals surface area contributed by atoms with Gasteiger partial charge in [0.1, 0.15) is 0 Å². The summed E-state index contributed by atoms with van der Waals surface area (Å²) >= 11 is 5.94. The van der Waals surface area contributed by atoms with E-state index in [-0.39, 0.29) is 11.9 Å². The number of anilines is 2. The van der Waals surface area contributed by atoms with E-state index in [9.17, 15) is 4.79 Å². The van der Waals surface area contributed by atoms with Crippen LogP contribution in [0.1, 0.15) is 30.0 Å². The fraction of sp³-hybridized carbons (Fsp3) is 0.208. The number of carbonyl (C=O) groups excluding carboxylic acids is 1. The second-order valence-corrected chi connectivity index (χ2v) is 7.55. The number of amides is 1. The molecular weight excluding hydrogens is 368 g/mol. The number of carbonyl (C=O) groups is 1. The molecule has 3 nitrogen and oxygen atoms in total. The van der Waals surface area contributed by atoms with E-state index in [4.69, 9.17) is 11.6 Å². The maximum Gasteiger partial charge on any atom is 0.227 e. The molecule has 3 aromatic rings. The van der Waals surface area contributed by atoms with Gasteiger partial charge >= 0.3 is 0 Å². The first-order valence-electron chi connectivity index (χ1n) is 9.66. The first-order chi connectivity index (χ1) is 13.7. The van der Waals surface area contributed by atoms with E-state index in [1.54, 1.807) is 0 Å². The number of nitrogens with zero attached hydrogens (tertiary/aromatic N) is 1. The lowest BCUT2D eigenvalue weighted by Gasteiger charge is -2.36. The fourth-order valence-corrected chi connectivity index (χ4v) is 3.81. The van der Waals surface area contributed by atoms with Crippen molar-refractivity contribution in [3.63, 3.8) is 0 Å². The van der Waals surface area contributed by atoms with Crippen LogP contribution < -0.4 is 10.2 Å². The summed E-state index contributed by atoms with van der Waals surface area (Å²) in [5.41, 5.74) is 4.37. The second kappa shape index (κ2) is 8.49. The molecule has 0 aromatic heterocycles. The first kappa shape index (κ1) is 18.6. The van der Waals surface area contributed by atoms with Crippen molar-refractivity contribution < 1.29 is 4.79 Å². The van der Waals surface area contributed by atoms with Crippen LogP contribution in [0.15, 0.2) is 78.9 Å². The van der Waals surface area contributed by atoms with Gasteiger partial charge in [0, 0.05) is 11.4 Å². The number of halogens is 1. The Kier molecular flexibility index (Phi) is 5.63. The second-order valence-electron chi connectivity index (χ2n) is 7.11. The molecule has 142 valence electrons. The van der Waals surface area contributed by atoms with Crippen LogP contribution in [0.5, 0.6) is 0 Å². The standard InChI is InChI=1S/C24H23ClN2O/c25-20-15-13-18(14-16-20)7-6-12-24(28)27-17-22(19-8-2-1-3-9-19)26-21-10-4-5-11-23(21)27/h1-5,8-11,13-16,22,26H,6-7,12,17H2. The Morgan fingerprint density at radius 1 is 0.964 bits per heavy atom. The Bertz CT molecular complexity index is 940. The number of benzene rings is 3. The molecule has 0 saturated heterocycles. The van der Waals surface area contributed by atoms with Crippen LogP contribution in [-0.4, -0.2) is 12.5 Å². The minimum absolute atomic E-state index is 0.0938. The maximum absolute atomic E-state index is 13.1. The zero-order chi connectivity index (χ0) is 19.3. The molecule has 0 aliphatic carbocycles. The van der Waals surface area contributed by atoms with Crippen LogP contribution in [0.3, 0.4) is 0 Å². The Hall–Kier alpha value is -2.78. The largest absolute Gasteiger partial charge is 0.375 e. The molecule has 0 spiro atoms. The number of hydrogen-bond donors (Lipinski definition) is 1. The molecule has 1 aliphatic rings. The summed E-state index contributed by atoms with van der Waals surface area (Å²) in [6, 6.07) is 26.3. The third kappa shape index (κ3) is 4.20. The van der Waals surface area contributed by atoms with Gasteiger partial charge in [-0.05, 0) is 48.2 Å².